The van der Waals surface area contributed by atoms with Crippen LogP contribution in [0.25, 0.3) is 10.1 Å². The first-order chi connectivity index (χ1) is 14.0. The van der Waals surface area contributed by atoms with Crippen molar-refractivity contribution in [3.8, 4) is 0 Å². The van der Waals surface area contributed by atoms with Crippen LogP contribution >= 0.6 is 11.3 Å². The Morgan fingerprint density at radius 3 is 2.55 bits per heavy atom. The molecule has 1 amide bonds. The third kappa shape index (κ3) is 4.30. The summed E-state index contributed by atoms with van der Waals surface area (Å²) in [5.41, 5.74) is 1.82. The van der Waals surface area contributed by atoms with E-state index in [2.05, 4.69) is 48.5 Å². The highest BCUT2D eigenvalue weighted by Crippen LogP contribution is 2.36. The number of amides is 1. The first kappa shape index (κ1) is 19.9. The Morgan fingerprint density at radius 2 is 1.86 bits per heavy atom. The highest BCUT2D eigenvalue weighted by molar-refractivity contribution is 7.19. The number of nitrogens with zero attached hydrogens (tertiary/aromatic N) is 1. The minimum Gasteiger partial charge on any atom is -0.371 e. The summed E-state index contributed by atoms with van der Waals surface area (Å²) in [5, 5.41) is 4.47. The second-order valence-electron chi connectivity index (χ2n) is 7.85. The van der Waals surface area contributed by atoms with E-state index in [1.807, 2.05) is 11.3 Å². The van der Waals surface area contributed by atoms with Crippen molar-refractivity contribution in [2.75, 3.05) is 11.9 Å². The number of aryl methyl sites for hydroxylation is 1. The molecule has 1 aliphatic rings. The number of thiophene rings is 1. The number of hydrogen-bond acceptors (Lipinski definition) is 3. The Labute approximate surface area is 175 Å². The standard InChI is InChI=1S/C24H27FN2OS/c1-3-20-15-21-22(5-4-6-23(21)29-20)27(2)19-13-11-18(12-14-19)26-24(28)16-7-9-17(25)10-8-16/h4-10,15,18-19H,3,11-14H2,1-2H3,(H,26,28). The molecule has 1 heterocycles. The monoisotopic (exact) mass is 410 g/mol. The molecule has 2 aromatic carbocycles. The van der Waals surface area contributed by atoms with Crippen LogP contribution in [0.1, 0.15) is 47.8 Å². The molecule has 0 radical (unpaired) electrons. The minimum absolute atomic E-state index is 0.114. The quantitative estimate of drug-likeness (QED) is 0.578. The predicted octanol–water partition coefficient (Wildman–Crippen LogP) is 5.78. The van der Waals surface area contributed by atoms with E-state index >= 15 is 0 Å². The van der Waals surface area contributed by atoms with E-state index in [9.17, 15) is 9.18 Å². The molecule has 1 aliphatic carbocycles. The molecule has 1 saturated carbocycles. The number of nitrogens with one attached hydrogen (secondary N) is 1. The second kappa shape index (κ2) is 8.54. The summed E-state index contributed by atoms with van der Waals surface area (Å²) in [6, 6.07) is 15.3. The van der Waals surface area contributed by atoms with Gasteiger partial charge >= 0.3 is 0 Å². The van der Waals surface area contributed by atoms with Crippen LogP contribution in [-0.4, -0.2) is 25.0 Å². The molecule has 5 heteroatoms. The molecule has 0 spiro atoms. The predicted molar refractivity (Wildman–Crippen MR) is 120 cm³/mol. The Balaban J connectivity index is 1.39. The van der Waals surface area contributed by atoms with Gasteiger partial charge in [-0.15, -0.1) is 11.3 Å². The fourth-order valence-corrected chi connectivity index (χ4v) is 5.28. The number of fused-ring (bicyclic) bond motifs is 1. The van der Waals surface area contributed by atoms with Gasteiger partial charge < -0.3 is 10.2 Å². The number of carbonyl (C=O) groups excluding carboxylic acids is 1. The normalized spacial score (nSPS) is 19.3. The van der Waals surface area contributed by atoms with Crippen LogP contribution in [-0.2, 0) is 6.42 Å². The molecule has 3 aromatic rings. The Morgan fingerprint density at radius 1 is 1.14 bits per heavy atom. The molecular formula is C24H27FN2OS. The van der Waals surface area contributed by atoms with Gasteiger partial charge in [0.25, 0.3) is 5.91 Å². The summed E-state index contributed by atoms with van der Waals surface area (Å²) in [6.45, 7) is 2.20. The molecular weight excluding hydrogens is 383 g/mol. The molecule has 3 nitrogen and oxygen atoms in total. The largest absolute Gasteiger partial charge is 0.371 e. The Kier molecular flexibility index (Phi) is 5.86. The summed E-state index contributed by atoms with van der Waals surface area (Å²) in [4.78, 5) is 16.2. The zero-order valence-electron chi connectivity index (χ0n) is 17.0. The van der Waals surface area contributed by atoms with Crippen molar-refractivity contribution in [1.29, 1.82) is 0 Å². The van der Waals surface area contributed by atoms with E-state index < -0.39 is 0 Å². The van der Waals surface area contributed by atoms with Crippen molar-refractivity contribution < 1.29 is 9.18 Å². The van der Waals surface area contributed by atoms with Gasteiger partial charge in [0.2, 0.25) is 0 Å². The number of benzene rings is 2. The van der Waals surface area contributed by atoms with E-state index in [-0.39, 0.29) is 17.8 Å². The summed E-state index contributed by atoms with van der Waals surface area (Å²) in [7, 11) is 2.19. The molecule has 0 unspecified atom stereocenters. The molecule has 0 saturated heterocycles. The maximum absolute atomic E-state index is 13.1. The lowest BCUT2D eigenvalue weighted by Crippen LogP contribution is -2.43. The lowest BCUT2D eigenvalue weighted by Gasteiger charge is -2.36. The summed E-state index contributed by atoms with van der Waals surface area (Å²) in [5.74, 6) is -0.436. The van der Waals surface area contributed by atoms with Crippen LogP contribution < -0.4 is 10.2 Å². The summed E-state index contributed by atoms with van der Waals surface area (Å²) < 4.78 is 14.4. The van der Waals surface area contributed by atoms with Gasteiger partial charge in [0, 0.05) is 45.3 Å². The van der Waals surface area contributed by atoms with Gasteiger partial charge in [0.15, 0.2) is 0 Å². The van der Waals surface area contributed by atoms with Crippen LogP contribution in [0, 0.1) is 5.82 Å². The van der Waals surface area contributed by atoms with Gasteiger partial charge in [-0.05, 0) is 74.6 Å². The molecule has 0 aliphatic heterocycles. The van der Waals surface area contributed by atoms with Crippen molar-refractivity contribution in [1.82, 2.24) is 5.32 Å². The van der Waals surface area contributed by atoms with Crippen molar-refractivity contribution >= 4 is 33.0 Å². The van der Waals surface area contributed by atoms with Crippen LogP contribution in [0.2, 0.25) is 0 Å². The summed E-state index contributed by atoms with van der Waals surface area (Å²) >= 11 is 1.88. The molecule has 4 rings (SSSR count). The second-order valence-corrected chi connectivity index (χ2v) is 9.02. The van der Waals surface area contributed by atoms with Crippen LogP contribution in [0.5, 0.6) is 0 Å². The molecule has 1 fully saturated rings. The van der Waals surface area contributed by atoms with E-state index in [0.717, 1.165) is 32.1 Å². The fraction of sp³-hybridized carbons (Fsp3) is 0.375. The molecule has 1 N–H and O–H groups in total. The van der Waals surface area contributed by atoms with E-state index in [1.54, 1.807) is 0 Å². The van der Waals surface area contributed by atoms with Gasteiger partial charge in [0.1, 0.15) is 5.82 Å². The van der Waals surface area contributed by atoms with Crippen molar-refractivity contribution in [3.05, 3.63) is 64.8 Å². The molecule has 29 heavy (non-hydrogen) atoms. The van der Waals surface area contributed by atoms with E-state index in [4.69, 9.17) is 0 Å². The van der Waals surface area contributed by atoms with Crippen LogP contribution in [0.3, 0.4) is 0 Å². The maximum atomic E-state index is 13.1. The fourth-order valence-electron chi connectivity index (χ4n) is 4.25. The zero-order valence-corrected chi connectivity index (χ0v) is 17.8. The van der Waals surface area contributed by atoms with Crippen LogP contribution in [0.15, 0.2) is 48.5 Å². The number of hydrogen-bond donors (Lipinski definition) is 1. The number of halogens is 1. The van der Waals surface area contributed by atoms with Gasteiger partial charge in [-0.25, -0.2) is 4.39 Å². The maximum Gasteiger partial charge on any atom is 0.251 e. The Bertz CT molecular complexity index is 990. The van der Waals surface area contributed by atoms with Crippen molar-refractivity contribution in [2.24, 2.45) is 0 Å². The number of rotatable bonds is 5. The number of carbonyl (C=O) groups is 1. The average molecular weight is 411 g/mol. The van der Waals surface area contributed by atoms with Gasteiger partial charge in [0.05, 0.1) is 0 Å². The van der Waals surface area contributed by atoms with Gasteiger partial charge in [-0.3, -0.25) is 4.79 Å². The number of anilines is 1. The lowest BCUT2D eigenvalue weighted by atomic mass is 9.89. The summed E-state index contributed by atoms with van der Waals surface area (Å²) in [6.07, 6.45) is 5.09. The first-order valence-corrected chi connectivity index (χ1v) is 11.2. The van der Waals surface area contributed by atoms with E-state index in [1.165, 1.54) is 44.9 Å². The van der Waals surface area contributed by atoms with Crippen LogP contribution in [0.4, 0.5) is 10.1 Å². The van der Waals surface area contributed by atoms with Crippen molar-refractivity contribution in [2.45, 2.75) is 51.1 Å². The lowest BCUT2D eigenvalue weighted by molar-refractivity contribution is 0.0926. The smallest absolute Gasteiger partial charge is 0.251 e. The minimum atomic E-state index is -0.322. The molecule has 0 bridgehead atoms. The third-order valence-corrected chi connectivity index (χ3v) is 7.25. The third-order valence-electron chi connectivity index (χ3n) is 6.00. The Hall–Kier alpha value is -2.40. The van der Waals surface area contributed by atoms with Crippen molar-refractivity contribution in [3.63, 3.8) is 0 Å². The van der Waals surface area contributed by atoms with Gasteiger partial charge in [-0.2, -0.15) is 0 Å². The average Bonchev–Trinajstić information content (AvgIpc) is 3.18. The van der Waals surface area contributed by atoms with E-state index in [0.29, 0.717) is 11.6 Å². The molecule has 152 valence electrons. The topological polar surface area (TPSA) is 32.3 Å². The SMILES string of the molecule is CCc1cc2c(N(C)C3CCC(NC(=O)c4ccc(F)cc4)CC3)cccc2s1. The van der Waals surface area contributed by atoms with Gasteiger partial charge in [-0.1, -0.05) is 13.0 Å². The molecule has 0 atom stereocenters. The zero-order chi connectivity index (χ0) is 20.4. The highest BCUT2D eigenvalue weighted by atomic mass is 32.1. The first-order valence-electron chi connectivity index (χ1n) is 10.4. The highest BCUT2D eigenvalue weighted by Gasteiger charge is 2.26. The molecule has 1 aromatic heterocycles.